The summed E-state index contributed by atoms with van der Waals surface area (Å²) in [6.45, 7) is 0. The highest BCUT2D eigenvalue weighted by molar-refractivity contribution is 6.00. The number of aryl methyl sites for hydroxylation is 1. The molecule has 1 aliphatic rings. The summed E-state index contributed by atoms with van der Waals surface area (Å²) in [5.41, 5.74) is 2.82. The molecule has 0 fully saturated rings. The van der Waals surface area contributed by atoms with Crippen LogP contribution < -0.4 is 0 Å². The van der Waals surface area contributed by atoms with Crippen molar-refractivity contribution < 1.29 is 4.79 Å². The topological polar surface area (TPSA) is 71.5 Å². The average molecular weight is 200 g/mol. The normalized spacial score (nSPS) is 14.3. The molecule has 2 aromatic rings. The van der Waals surface area contributed by atoms with E-state index in [1.165, 1.54) is 0 Å². The van der Waals surface area contributed by atoms with Gasteiger partial charge in [-0.2, -0.15) is 5.21 Å². The zero-order valence-corrected chi connectivity index (χ0v) is 7.90. The van der Waals surface area contributed by atoms with Gasteiger partial charge in [0.05, 0.1) is 0 Å². The second-order valence-corrected chi connectivity index (χ2v) is 3.53. The van der Waals surface area contributed by atoms with E-state index >= 15 is 0 Å². The standard InChI is InChI=1S/C10H8N4O/c15-9-4-2-6-5-7(1-3-8(6)9)10-11-13-14-12-10/h1,3,5H,2,4H2,(H,11,12,13,14). The van der Waals surface area contributed by atoms with Gasteiger partial charge in [0.1, 0.15) is 0 Å². The summed E-state index contributed by atoms with van der Waals surface area (Å²) in [5, 5.41) is 13.7. The monoisotopic (exact) mass is 200 g/mol. The van der Waals surface area contributed by atoms with Crippen LogP contribution in [0.1, 0.15) is 22.3 Å². The molecule has 0 bridgehead atoms. The van der Waals surface area contributed by atoms with Gasteiger partial charge in [-0.25, -0.2) is 0 Å². The van der Waals surface area contributed by atoms with Crippen molar-refractivity contribution in [1.82, 2.24) is 20.6 Å². The molecule has 0 amide bonds. The SMILES string of the molecule is O=C1CCc2cc(-c3nn[nH]n3)ccc21. The maximum atomic E-state index is 11.4. The van der Waals surface area contributed by atoms with Gasteiger partial charge in [-0.3, -0.25) is 4.79 Å². The molecule has 0 radical (unpaired) electrons. The van der Waals surface area contributed by atoms with Crippen molar-refractivity contribution in [3.8, 4) is 11.4 Å². The molecule has 1 heterocycles. The number of tetrazole rings is 1. The molecule has 0 saturated heterocycles. The van der Waals surface area contributed by atoms with Crippen molar-refractivity contribution >= 4 is 5.78 Å². The molecule has 1 N–H and O–H groups in total. The Morgan fingerprint density at radius 2 is 2.20 bits per heavy atom. The molecule has 5 nitrogen and oxygen atoms in total. The lowest BCUT2D eigenvalue weighted by Gasteiger charge is -1.99. The fraction of sp³-hybridized carbons (Fsp3) is 0.200. The lowest BCUT2D eigenvalue weighted by molar-refractivity contribution is 0.0994. The van der Waals surface area contributed by atoms with Crippen molar-refractivity contribution in [2.45, 2.75) is 12.8 Å². The largest absolute Gasteiger partial charge is 0.294 e. The number of hydrogen-bond acceptors (Lipinski definition) is 4. The number of rotatable bonds is 1. The molecule has 0 atom stereocenters. The Hall–Kier alpha value is -2.04. The van der Waals surface area contributed by atoms with Crippen molar-refractivity contribution in [1.29, 1.82) is 0 Å². The summed E-state index contributed by atoms with van der Waals surface area (Å²) in [6, 6.07) is 5.66. The molecule has 1 aliphatic carbocycles. The number of Topliss-reactive ketones (excluding diaryl/α,β-unsaturated/α-hetero) is 1. The lowest BCUT2D eigenvalue weighted by atomic mass is 10.1. The van der Waals surface area contributed by atoms with Gasteiger partial charge in [0.25, 0.3) is 0 Å². The van der Waals surface area contributed by atoms with E-state index in [0.717, 1.165) is 23.1 Å². The Morgan fingerprint density at radius 3 is 3.00 bits per heavy atom. The molecule has 1 aromatic heterocycles. The number of nitrogens with zero attached hydrogens (tertiary/aromatic N) is 3. The maximum absolute atomic E-state index is 11.4. The number of carbonyl (C=O) groups is 1. The molecule has 3 rings (SSSR count). The van der Waals surface area contributed by atoms with Crippen LogP contribution in [0, 0.1) is 0 Å². The summed E-state index contributed by atoms with van der Waals surface area (Å²) < 4.78 is 0. The van der Waals surface area contributed by atoms with Gasteiger partial charge < -0.3 is 0 Å². The van der Waals surface area contributed by atoms with Crippen LogP contribution in [0.3, 0.4) is 0 Å². The molecular formula is C10H8N4O. The average Bonchev–Trinajstić information content (AvgIpc) is 2.88. The first-order chi connectivity index (χ1) is 7.34. The first-order valence-electron chi connectivity index (χ1n) is 4.74. The Bertz CT molecular complexity index is 518. The van der Waals surface area contributed by atoms with E-state index in [9.17, 15) is 4.79 Å². The number of H-pyrrole nitrogens is 1. The van der Waals surface area contributed by atoms with E-state index in [2.05, 4.69) is 20.6 Å². The van der Waals surface area contributed by atoms with E-state index < -0.39 is 0 Å². The predicted molar refractivity (Wildman–Crippen MR) is 52.3 cm³/mol. The first-order valence-corrected chi connectivity index (χ1v) is 4.74. The third-order valence-corrected chi connectivity index (χ3v) is 2.63. The van der Waals surface area contributed by atoms with Gasteiger partial charge >= 0.3 is 0 Å². The minimum atomic E-state index is 0.227. The van der Waals surface area contributed by atoms with Crippen LogP contribution in [-0.4, -0.2) is 26.4 Å². The first kappa shape index (κ1) is 8.28. The van der Waals surface area contributed by atoms with E-state index in [1.54, 1.807) is 0 Å². The summed E-state index contributed by atoms with van der Waals surface area (Å²) in [7, 11) is 0. The van der Waals surface area contributed by atoms with Gasteiger partial charge in [-0.15, -0.1) is 10.2 Å². The van der Waals surface area contributed by atoms with E-state index in [0.29, 0.717) is 12.2 Å². The molecule has 0 unspecified atom stereocenters. The summed E-state index contributed by atoms with van der Waals surface area (Å²) in [5.74, 6) is 0.793. The highest BCUT2D eigenvalue weighted by Gasteiger charge is 2.19. The van der Waals surface area contributed by atoms with Gasteiger partial charge in [-0.1, -0.05) is 12.1 Å². The Kier molecular flexibility index (Phi) is 1.65. The van der Waals surface area contributed by atoms with Crippen molar-refractivity contribution in [2.75, 3.05) is 0 Å². The number of hydrogen-bond donors (Lipinski definition) is 1. The quantitative estimate of drug-likeness (QED) is 0.745. The molecule has 1 aromatic carbocycles. The van der Waals surface area contributed by atoms with Gasteiger partial charge in [0.15, 0.2) is 5.78 Å². The fourth-order valence-electron chi connectivity index (χ4n) is 1.88. The van der Waals surface area contributed by atoms with Crippen LogP contribution in [0.4, 0.5) is 0 Å². The number of benzene rings is 1. The molecule has 74 valence electrons. The van der Waals surface area contributed by atoms with Gasteiger partial charge in [0, 0.05) is 17.5 Å². The molecule has 0 aliphatic heterocycles. The van der Waals surface area contributed by atoms with Crippen LogP contribution in [0.2, 0.25) is 0 Å². The highest BCUT2D eigenvalue weighted by Crippen LogP contribution is 2.25. The third kappa shape index (κ3) is 1.24. The second-order valence-electron chi connectivity index (χ2n) is 3.53. The Labute approximate surface area is 85.5 Å². The van der Waals surface area contributed by atoms with E-state index in [-0.39, 0.29) is 5.78 Å². The van der Waals surface area contributed by atoms with Crippen LogP contribution in [-0.2, 0) is 6.42 Å². The Balaban J connectivity index is 2.11. The minimum absolute atomic E-state index is 0.227. The number of aromatic nitrogens is 4. The Morgan fingerprint density at radius 1 is 1.27 bits per heavy atom. The molecular weight excluding hydrogens is 192 g/mol. The highest BCUT2D eigenvalue weighted by atomic mass is 16.1. The fourth-order valence-corrected chi connectivity index (χ4v) is 1.88. The molecule has 0 spiro atoms. The maximum Gasteiger partial charge on any atom is 0.204 e. The number of fused-ring (bicyclic) bond motifs is 1. The molecule has 5 heteroatoms. The smallest absolute Gasteiger partial charge is 0.204 e. The van der Waals surface area contributed by atoms with E-state index in [1.807, 2.05) is 18.2 Å². The lowest BCUT2D eigenvalue weighted by Crippen LogP contribution is -1.91. The summed E-state index contributed by atoms with van der Waals surface area (Å²) >= 11 is 0. The zero-order chi connectivity index (χ0) is 10.3. The second kappa shape index (κ2) is 2.98. The third-order valence-electron chi connectivity index (χ3n) is 2.63. The van der Waals surface area contributed by atoms with Crippen molar-refractivity contribution in [2.24, 2.45) is 0 Å². The zero-order valence-electron chi connectivity index (χ0n) is 7.90. The van der Waals surface area contributed by atoms with Crippen molar-refractivity contribution in [3.05, 3.63) is 29.3 Å². The summed E-state index contributed by atoms with van der Waals surface area (Å²) in [4.78, 5) is 11.4. The number of carbonyl (C=O) groups excluding carboxylic acids is 1. The summed E-state index contributed by atoms with van der Waals surface area (Å²) in [6.07, 6.45) is 1.44. The van der Waals surface area contributed by atoms with Crippen molar-refractivity contribution in [3.63, 3.8) is 0 Å². The van der Waals surface area contributed by atoms with Gasteiger partial charge in [-0.05, 0) is 23.3 Å². The number of aromatic amines is 1. The number of nitrogens with one attached hydrogen (secondary N) is 1. The van der Waals surface area contributed by atoms with Crippen LogP contribution in [0.15, 0.2) is 18.2 Å². The predicted octanol–water partition coefficient (Wildman–Crippen LogP) is 0.996. The van der Waals surface area contributed by atoms with Gasteiger partial charge in [0.2, 0.25) is 5.82 Å². The molecule has 15 heavy (non-hydrogen) atoms. The van der Waals surface area contributed by atoms with Crippen LogP contribution >= 0.6 is 0 Å². The minimum Gasteiger partial charge on any atom is -0.294 e. The molecule has 0 saturated carbocycles. The van der Waals surface area contributed by atoms with Crippen LogP contribution in [0.5, 0.6) is 0 Å². The number of ketones is 1. The van der Waals surface area contributed by atoms with Crippen LogP contribution in [0.25, 0.3) is 11.4 Å². The van der Waals surface area contributed by atoms with E-state index in [4.69, 9.17) is 0 Å².